The van der Waals surface area contributed by atoms with Crippen LogP contribution in [0.3, 0.4) is 0 Å². The Morgan fingerprint density at radius 1 is 1.05 bits per heavy atom. The predicted octanol–water partition coefficient (Wildman–Crippen LogP) is 5.10. The zero-order chi connectivity index (χ0) is 15.6. The molecule has 0 saturated carbocycles. The lowest BCUT2D eigenvalue weighted by molar-refractivity contribution is 0.140. The van der Waals surface area contributed by atoms with Gasteiger partial charge in [0.05, 0.1) is 13.9 Å². The summed E-state index contributed by atoms with van der Waals surface area (Å²) in [6.07, 6.45) is -1.19. The molecular weight excluding hydrogens is 296 g/mol. The van der Waals surface area contributed by atoms with Crippen LogP contribution in [0.5, 0.6) is 11.5 Å². The predicted molar refractivity (Wildman–Crippen MR) is 87.0 cm³/mol. The first-order valence-corrected chi connectivity index (χ1v) is 7.68. The number of fused-ring (bicyclic) bond motifs is 7. The van der Waals surface area contributed by atoms with Crippen LogP contribution in [-0.4, -0.2) is 6.61 Å². The van der Waals surface area contributed by atoms with Crippen LogP contribution in [0.4, 0.5) is 0 Å². The van der Waals surface area contributed by atoms with Crippen molar-refractivity contribution in [3.05, 3.63) is 70.7 Å². The van der Waals surface area contributed by atoms with Crippen LogP contribution < -0.4 is 9.47 Å². The van der Waals surface area contributed by atoms with Crippen LogP contribution in [0.2, 0.25) is 5.02 Å². The van der Waals surface area contributed by atoms with E-state index in [1.54, 1.807) is 12.1 Å². The fourth-order valence-electron chi connectivity index (χ4n) is 3.44. The SMILES string of the molecule is [2H]C12Oc3ccc4ccccc4c3C1COc1ccc(Cl)cc12. The fourth-order valence-corrected chi connectivity index (χ4v) is 3.61. The highest BCUT2D eigenvalue weighted by molar-refractivity contribution is 6.30. The van der Waals surface area contributed by atoms with E-state index in [1.807, 2.05) is 30.3 Å². The normalized spacial score (nSPS) is 25.5. The molecule has 3 aromatic carbocycles. The van der Waals surface area contributed by atoms with Crippen LogP contribution in [0, 0.1) is 0 Å². The summed E-state index contributed by atoms with van der Waals surface area (Å²) in [7, 11) is 0. The summed E-state index contributed by atoms with van der Waals surface area (Å²) in [4.78, 5) is 0. The van der Waals surface area contributed by atoms with E-state index in [1.165, 1.54) is 0 Å². The van der Waals surface area contributed by atoms with E-state index in [-0.39, 0.29) is 5.92 Å². The number of hydrogen-bond acceptors (Lipinski definition) is 2. The van der Waals surface area contributed by atoms with E-state index >= 15 is 0 Å². The standard InChI is InChI=1S/C19H13ClO2/c20-12-6-8-16-14(9-12)19-15(10-21-16)18-13-4-2-1-3-11(13)5-7-17(18)22-19/h1-9,15,19H,10H2/i19D. The van der Waals surface area contributed by atoms with Gasteiger partial charge < -0.3 is 9.47 Å². The minimum atomic E-state index is -1.19. The molecule has 5 rings (SSSR count). The molecule has 108 valence electrons. The second-order valence-corrected chi connectivity index (χ2v) is 6.11. The summed E-state index contributed by atoms with van der Waals surface area (Å²) in [5.74, 6) is 1.27. The van der Waals surface area contributed by atoms with Crippen LogP contribution in [0.15, 0.2) is 54.6 Å². The van der Waals surface area contributed by atoms with E-state index in [0.29, 0.717) is 22.9 Å². The summed E-state index contributed by atoms with van der Waals surface area (Å²) in [6, 6.07) is 17.6. The first-order chi connectivity index (χ1) is 11.2. The van der Waals surface area contributed by atoms with Gasteiger partial charge in [0.2, 0.25) is 0 Å². The Kier molecular flexibility index (Phi) is 2.28. The van der Waals surface area contributed by atoms with Gasteiger partial charge in [-0.25, -0.2) is 0 Å². The van der Waals surface area contributed by atoms with Gasteiger partial charge in [0, 0.05) is 16.1 Å². The molecule has 2 aliphatic rings. The maximum Gasteiger partial charge on any atom is 0.138 e. The quantitative estimate of drug-likeness (QED) is 0.575. The Morgan fingerprint density at radius 3 is 2.86 bits per heavy atom. The molecule has 0 radical (unpaired) electrons. The van der Waals surface area contributed by atoms with E-state index in [4.69, 9.17) is 22.4 Å². The van der Waals surface area contributed by atoms with Gasteiger partial charge in [0.25, 0.3) is 0 Å². The van der Waals surface area contributed by atoms with Gasteiger partial charge in [-0.1, -0.05) is 41.9 Å². The molecular formula is C19H13ClO2. The monoisotopic (exact) mass is 309 g/mol. The van der Waals surface area contributed by atoms with Gasteiger partial charge in [-0.2, -0.15) is 0 Å². The highest BCUT2D eigenvalue weighted by atomic mass is 35.5. The Bertz CT molecular complexity index is 955. The Labute approximate surface area is 134 Å². The number of hydrogen-bond donors (Lipinski definition) is 0. The molecule has 0 spiro atoms. The second-order valence-electron chi connectivity index (χ2n) is 5.67. The van der Waals surface area contributed by atoms with Crippen molar-refractivity contribution in [2.75, 3.05) is 6.61 Å². The molecule has 0 aromatic heterocycles. The lowest BCUT2D eigenvalue weighted by Gasteiger charge is -2.28. The summed E-state index contributed by atoms with van der Waals surface area (Å²) >= 11 is 6.14. The molecule has 22 heavy (non-hydrogen) atoms. The second kappa shape index (κ2) is 4.40. The molecule has 3 aromatic rings. The maximum atomic E-state index is 9.02. The minimum absolute atomic E-state index is 0.172. The van der Waals surface area contributed by atoms with Crippen LogP contribution in [-0.2, 0) is 0 Å². The Balaban J connectivity index is 1.78. The van der Waals surface area contributed by atoms with Crippen molar-refractivity contribution in [1.29, 1.82) is 0 Å². The zero-order valence-corrected chi connectivity index (χ0v) is 12.4. The fraction of sp³-hybridized carbons (Fsp3) is 0.158. The molecule has 2 atom stereocenters. The highest BCUT2D eigenvalue weighted by Gasteiger charge is 2.41. The van der Waals surface area contributed by atoms with Crippen LogP contribution in [0.25, 0.3) is 10.8 Å². The van der Waals surface area contributed by atoms with Gasteiger partial charge in [0.15, 0.2) is 0 Å². The van der Waals surface area contributed by atoms with Crippen molar-refractivity contribution in [1.82, 2.24) is 0 Å². The third kappa shape index (κ3) is 1.62. The molecule has 0 aliphatic carbocycles. The smallest absolute Gasteiger partial charge is 0.138 e. The highest BCUT2D eigenvalue weighted by Crippen LogP contribution is 2.53. The summed E-state index contributed by atoms with van der Waals surface area (Å²) < 4.78 is 21.0. The third-order valence-electron chi connectivity index (χ3n) is 4.43. The van der Waals surface area contributed by atoms with E-state index in [0.717, 1.165) is 22.1 Å². The minimum Gasteiger partial charge on any atom is -0.492 e. The Morgan fingerprint density at radius 2 is 1.91 bits per heavy atom. The molecule has 0 saturated heterocycles. The van der Waals surface area contributed by atoms with E-state index in [2.05, 4.69) is 12.1 Å². The lowest BCUT2D eigenvalue weighted by atomic mass is 9.87. The maximum absolute atomic E-state index is 9.02. The average Bonchev–Trinajstić information content (AvgIpc) is 2.88. The molecule has 0 N–H and O–H groups in total. The largest absolute Gasteiger partial charge is 0.492 e. The summed E-state index contributed by atoms with van der Waals surface area (Å²) in [5, 5.41) is 2.86. The molecule has 3 heteroatoms. The number of halogens is 1. The van der Waals surface area contributed by atoms with Crippen molar-refractivity contribution in [3.63, 3.8) is 0 Å². The van der Waals surface area contributed by atoms with Crippen LogP contribution in [0.1, 0.15) is 24.5 Å². The molecule has 2 heterocycles. The first kappa shape index (κ1) is 11.4. The zero-order valence-electron chi connectivity index (χ0n) is 12.7. The molecule has 0 amide bonds. The van der Waals surface area contributed by atoms with E-state index < -0.39 is 6.08 Å². The number of ether oxygens (including phenoxy) is 2. The average molecular weight is 310 g/mol. The molecule has 2 unspecified atom stereocenters. The molecule has 0 bridgehead atoms. The molecule has 2 nitrogen and oxygen atoms in total. The molecule has 2 aliphatic heterocycles. The number of benzene rings is 3. The Hall–Kier alpha value is -2.19. The van der Waals surface area contributed by atoms with E-state index in [9.17, 15) is 0 Å². The van der Waals surface area contributed by atoms with Crippen molar-refractivity contribution < 1.29 is 10.8 Å². The van der Waals surface area contributed by atoms with Gasteiger partial charge in [0.1, 0.15) is 17.6 Å². The van der Waals surface area contributed by atoms with Gasteiger partial charge in [-0.05, 0) is 35.0 Å². The van der Waals surface area contributed by atoms with Crippen molar-refractivity contribution in [2.24, 2.45) is 0 Å². The van der Waals surface area contributed by atoms with Crippen molar-refractivity contribution >= 4 is 22.4 Å². The topological polar surface area (TPSA) is 18.5 Å². The van der Waals surface area contributed by atoms with Gasteiger partial charge >= 0.3 is 0 Å². The lowest BCUT2D eigenvalue weighted by Crippen LogP contribution is -2.23. The van der Waals surface area contributed by atoms with Crippen molar-refractivity contribution in [3.8, 4) is 11.5 Å². The first-order valence-electron chi connectivity index (χ1n) is 7.80. The van der Waals surface area contributed by atoms with Gasteiger partial charge in [-0.3, -0.25) is 0 Å². The summed E-state index contributed by atoms with van der Waals surface area (Å²) in [6.45, 7) is 0.430. The third-order valence-corrected chi connectivity index (χ3v) is 4.66. The van der Waals surface area contributed by atoms with Crippen LogP contribution >= 0.6 is 11.6 Å². The number of rotatable bonds is 0. The summed E-state index contributed by atoms with van der Waals surface area (Å²) in [5.41, 5.74) is 1.75. The van der Waals surface area contributed by atoms with Crippen molar-refractivity contribution in [2.45, 2.75) is 12.0 Å². The van der Waals surface area contributed by atoms with Gasteiger partial charge in [-0.15, -0.1) is 0 Å². The molecule has 0 fully saturated rings.